The van der Waals surface area contributed by atoms with Crippen molar-refractivity contribution in [3.8, 4) is 0 Å². The van der Waals surface area contributed by atoms with Crippen molar-refractivity contribution in [1.82, 2.24) is 20.1 Å². The van der Waals surface area contributed by atoms with Crippen LogP contribution in [0.3, 0.4) is 0 Å². The van der Waals surface area contributed by atoms with Crippen molar-refractivity contribution in [2.45, 2.75) is 64.5 Å². The normalized spacial score (nSPS) is 20.6. The maximum absolute atomic E-state index is 5.93. The fraction of sp³-hybridized carbons (Fsp3) is 0.812. The zero-order chi connectivity index (χ0) is 15.5. The number of rotatable bonds is 7. The predicted octanol–water partition coefficient (Wildman–Crippen LogP) is 1.62. The summed E-state index contributed by atoms with van der Waals surface area (Å²) in [5.41, 5.74) is 5.60. The van der Waals surface area contributed by atoms with E-state index in [1.165, 1.54) is 31.6 Å². The lowest BCUT2D eigenvalue weighted by Gasteiger charge is -2.44. The molecule has 21 heavy (non-hydrogen) atoms. The number of hydrogen-bond acceptors (Lipinski definition) is 4. The maximum Gasteiger partial charge on any atom is 0.0624 e. The second kappa shape index (κ2) is 6.90. The summed E-state index contributed by atoms with van der Waals surface area (Å²) in [4.78, 5) is 2.61. The third-order valence-corrected chi connectivity index (χ3v) is 5.30. The quantitative estimate of drug-likeness (QED) is 0.592. The molecule has 0 aromatic carbocycles. The monoisotopic (exact) mass is 293 g/mol. The van der Waals surface area contributed by atoms with Gasteiger partial charge in [0.15, 0.2) is 0 Å². The molecule has 0 aliphatic carbocycles. The molecule has 1 aliphatic rings. The standard InChI is InChI=1S/C16H31N5/c1-5-13-11-14(20(4)19-13)12-15(18-17)16(3,6-2)21-9-7-8-10-21/h11,15,18H,5-10,12,17H2,1-4H3. The van der Waals surface area contributed by atoms with Gasteiger partial charge in [-0.05, 0) is 51.8 Å². The number of nitrogens with two attached hydrogens (primary N) is 1. The van der Waals surface area contributed by atoms with Crippen molar-refractivity contribution in [1.29, 1.82) is 0 Å². The zero-order valence-electron chi connectivity index (χ0n) is 14.0. The summed E-state index contributed by atoms with van der Waals surface area (Å²) in [6, 6.07) is 2.45. The molecule has 3 N–H and O–H groups in total. The van der Waals surface area contributed by atoms with Crippen LogP contribution in [0.1, 0.15) is 51.4 Å². The molecule has 0 spiro atoms. The summed E-state index contributed by atoms with van der Waals surface area (Å²) in [7, 11) is 2.03. The Morgan fingerprint density at radius 3 is 2.52 bits per heavy atom. The Morgan fingerprint density at radius 2 is 2.05 bits per heavy atom. The Labute approximate surface area is 128 Å². The van der Waals surface area contributed by atoms with Gasteiger partial charge in [0.25, 0.3) is 0 Å². The van der Waals surface area contributed by atoms with Crippen LogP contribution in [0.2, 0.25) is 0 Å². The average molecular weight is 293 g/mol. The first-order valence-corrected chi connectivity index (χ1v) is 8.28. The Kier molecular flexibility index (Phi) is 5.41. The Hall–Kier alpha value is -0.910. The molecule has 1 aliphatic heterocycles. The van der Waals surface area contributed by atoms with E-state index in [1.54, 1.807) is 0 Å². The lowest BCUT2D eigenvalue weighted by atomic mass is 9.85. The Morgan fingerprint density at radius 1 is 1.38 bits per heavy atom. The van der Waals surface area contributed by atoms with Crippen LogP contribution in [0.4, 0.5) is 0 Å². The van der Waals surface area contributed by atoms with Gasteiger partial charge in [0, 0.05) is 30.7 Å². The number of hydrazine groups is 1. The fourth-order valence-corrected chi connectivity index (χ4v) is 3.52. The summed E-state index contributed by atoms with van der Waals surface area (Å²) in [5.74, 6) is 5.93. The molecule has 2 unspecified atom stereocenters. The van der Waals surface area contributed by atoms with Crippen molar-refractivity contribution in [2.24, 2.45) is 12.9 Å². The van der Waals surface area contributed by atoms with Gasteiger partial charge in [-0.3, -0.25) is 20.9 Å². The fourth-order valence-electron chi connectivity index (χ4n) is 3.52. The van der Waals surface area contributed by atoms with E-state index in [1.807, 2.05) is 11.7 Å². The number of nitrogens with one attached hydrogen (secondary N) is 1. The molecule has 1 aromatic rings. The summed E-state index contributed by atoms with van der Waals surface area (Å²) in [6.07, 6.45) is 5.60. The second-order valence-corrected chi connectivity index (χ2v) is 6.43. The number of likely N-dealkylation sites (tertiary alicyclic amines) is 1. The van der Waals surface area contributed by atoms with Crippen LogP contribution in [0.15, 0.2) is 6.07 Å². The number of nitrogens with zero attached hydrogens (tertiary/aromatic N) is 3. The number of aromatic nitrogens is 2. The summed E-state index contributed by atoms with van der Waals surface area (Å²) >= 11 is 0. The molecular formula is C16H31N5. The van der Waals surface area contributed by atoms with Gasteiger partial charge in [0.05, 0.1) is 5.69 Å². The van der Waals surface area contributed by atoms with Gasteiger partial charge in [-0.2, -0.15) is 5.10 Å². The van der Waals surface area contributed by atoms with E-state index < -0.39 is 0 Å². The van der Waals surface area contributed by atoms with Crippen LogP contribution in [-0.2, 0) is 19.9 Å². The van der Waals surface area contributed by atoms with E-state index in [9.17, 15) is 0 Å². The first-order valence-electron chi connectivity index (χ1n) is 8.28. The number of aryl methyl sites for hydroxylation is 2. The summed E-state index contributed by atoms with van der Waals surface area (Å²) in [5, 5.41) is 4.56. The molecule has 5 heteroatoms. The first kappa shape index (κ1) is 16.5. The molecular weight excluding hydrogens is 262 g/mol. The Bertz CT molecular complexity index is 450. The molecule has 5 nitrogen and oxygen atoms in total. The third kappa shape index (κ3) is 3.30. The highest BCUT2D eigenvalue weighted by molar-refractivity contribution is 5.14. The highest BCUT2D eigenvalue weighted by Gasteiger charge is 2.39. The molecule has 1 fully saturated rings. The third-order valence-electron chi connectivity index (χ3n) is 5.30. The van der Waals surface area contributed by atoms with Crippen molar-refractivity contribution in [2.75, 3.05) is 13.1 Å². The molecule has 1 saturated heterocycles. The zero-order valence-corrected chi connectivity index (χ0v) is 14.0. The molecule has 2 heterocycles. The first-order chi connectivity index (χ1) is 10.0. The van der Waals surface area contributed by atoms with Gasteiger partial charge in [0.2, 0.25) is 0 Å². The lowest BCUT2D eigenvalue weighted by Crippen LogP contribution is -2.61. The minimum absolute atomic E-state index is 0.0991. The van der Waals surface area contributed by atoms with Crippen LogP contribution < -0.4 is 11.3 Å². The van der Waals surface area contributed by atoms with Gasteiger partial charge in [-0.1, -0.05) is 13.8 Å². The topological polar surface area (TPSA) is 59.1 Å². The summed E-state index contributed by atoms with van der Waals surface area (Å²) < 4.78 is 2.00. The van der Waals surface area contributed by atoms with Gasteiger partial charge >= 0.3 is 0 Å². The highest BCUT2D eigenvalue weighted by atomic mass is 15.3. The molecule has 0 saturated carbocycles. The smallest absolute Gasteiger partial charge is 0.0624 e. The largest absolute Gasteiger partial charge is 0.296 e. The average Bonchev–Trinajstić information content (AvgIpc) is 3.14. The SMILES string of the molecule is CCc1cc(CC(NN)C(C)(CC)N2CCCC2)n(C)n1. The molecule has 0 amide bonds. The number of hydrogen-bond donors (Lipinski definition) is 2. The highest BCUT2D eigenvalue weighted by Crippen LogP contribution is 2.29. The van der Waals surface area contributed by atoms with E-state index in [4.69, 9.17) is 5.84 Å². The second-order valence-electron chi connectivity index (χ2n) is 6.43. The predicted molar refractivity (Wildman–Crippen MR) is 86.9 cm³/mol. The molecule has 2 atom stereocenters. The van der Waals surface area contributed by atoms with E-state index in [-0.39, 0.29) is 11.6 Å². The lowest BCUT2D eigenvalue weighted by molar-refractivity contribution is 0.0833. The van der Waals surface area contributed by atoms with Gasteiger partial charge in [-0.15, -0.1) is 0 Å². The maximum atomic E-state index is 5.93. The van der Waals surface area contributed by atoms with E-state index in [0.29, 0.717) is 0 Å². The van der Waals surface area contributed by atoms with Crippen molar-refractivity contribution < 1.29 is 0 Å². The van der Waals surface area contributed by atoms with Crippen molar-refractivity contribution >= 4 is 0 Å². The molecule has 2 rings (SSSR count). The molecule has 1 aromatic heterocycles. The van der Waals surface area contributed by atoms with Crippen LogP contribution in [0.25, 0.3) is 0 Å². The van der Waals surface area contributed by atoms with Crippen LogP contribution in [-0.4, -0.2) is 39.4 Å². The molecule has 0 bridgehead atoms. The Balaban J connectivity index is 2.18. The van der Waals surface area contributed by atoms with Gasteiger partial charge in [-0.25, -0.2) is 0 Å². The van der Waals surface area contributed by atoms with E-state index in [2.05, 4.69) is 42.3 Å². The molecule has 0 radical (unpaired) electrons. The molecule has 120 valence electrons. The van der Waals surface area contributed by atoms with Crippen LogP contribution in [0.5, 0.6) is 0 Å². The minimum Gasteiger partial charge on any atom is -0.296 e. The van der Waals surface area contributed by atoms with Gasteiger partial charge in [0.1, 0.15) is 0 Å². The summed E-state index contributed by atoms with van der Waals surface area (Å²) in [6.45, 7) is 9.14. The minimum atomic E-state index is 0.0991. The van der Waals surface area contributed by atoms with Crippen LogP contribution >= 0.6 is 0 Å². The van der Waals surface area contributed by atoms with E-state index >= 15 is 0 Å². The van der Waals surface area contributed by atoms with Crippen LogP contribution in [0, 0.1) is 0 Å². The van der Waals surface area contributed by atoms with Crippen molar-refractivity contribution in [3.05, 3.63) is 17.5 Å². The van der Waals surface area contributed by atoms with Crippen molar-refractivity contribution in [3.63, 3.8) is 0 Å². The van der Waals surface area contributed by atoms with E-state index in [0.717, 1.165) is 25.0 Å². The van der Waals surface area contributed by atoms with Gasteiger partial charge < -0.3 is 0 Å².